The molecule has 2 aromatic carbocycles. The van der Waals surface area contributed by atoms with Crippen LogP contribution in [0, 0.1) is 5.92 Å². The standard InChI is InChI=1S/C35H42F3N5O5/c1-3-47-34-39-31(45-2)28(32(40-34)48-23-35(36,37)38)20-41-18-27-19-42(33(44)26-14-17-46-22-26)15-16-43(27)29(21-41)30(24-10-6-4-7-11-24)25-12-8-5-9-13-25/h4-13,26-27,29-30H,3,14-23H2,1-2H3/t26?,27-,29+/m1/s1. The Morgan fingerprint density at radius 3 is 2.25 bits per heavy atom. The average Bonchev–Trinajstić information content (AvgIpc) is 3.64. The van der Waals surface area contributed by atoms with Crippen LogP contribution in [0.3, 0.4) is 0 Å². The zero-order chi connectivity index (χ0) is 33.7. The van der Waals surface area contributed by atoms with Crippen LogP contribution in [0.5, 0.6) is 17.8 Å². The van der Waals surface area contributed by atoms with Crippen LogP contribution in [0.15, 0.2) is 60.7 Å². The van der Waals surface area contributed by atoms with Gasteiger partial charge in [-0.15, -0.1) is 0 Å². The molecule has 0 saturated carbocycles. The Kier molecular flexibility index (Phi) is 10.7. The number of alkyl halides is 3. The van der Waals surface area contributed by atoms with Crippen molar-refractivity contribution >= 4 is 5.91 Å². The minimum absolute atomic E-state index is 0.0115. The number of benzene rings is 2. The van der Waals surface area contributed by atoms with E-state index in [0.717, 1.165) is 17.5 Å². The maximum absolute atomic E-state index is 13.5. The van der Waals surface area contributed by atoms with E-state index in [9.17, 15) is 18.0 Å². The number of rotatable bonds is 11. The lowest BCUT2D eigenvalue weighted by atomic mass is 9.81. The van der Waals surface area contributed by atoms with Gasteiger partial charge in [0.1, 0.15) is 0 Å². The van der Waals surface area contributed by atoms with E-state index in [1.165, 1.54) is 7.11 Å². The number of nitrogens with zero attached hydrogens (tertiary/aromatic N) is 5. The number of hydrogen-bond acceptors (Lipinski definition) is 9. The summed E-state index contributed by atoms with van der Waals surface area (Å²) in [5.41, 5.74) is 2.62. The molecule has 1 amide bonds. The minimum atomic E-state index is -4.57. The molecule has 0 N–H and O–H groups in total. The van der Waals surface area contributed by atoms with Crippen LogP contribution in [0.25, 0.3) is 0 Å². The zero-order valence-electron chi connectivity index (χ0n) is 27.3. The molecule has 0 radical (unpaired) electrons. The van der Waals surface area contributed by atoms with Gasteiger partial charge in [0.25, 0.3) is 0 Å². The Morgan fingerprint density at radius 1 is 0.958 bits per heavy atom. The van der Waals surface area contributed by atoms with Gasteiger partial charge in [-0.3, -0.25) is 14.6 Å². The summed E-state index contributed by atoms with van der Waals surface area (Å²) in [7, 11) is 1.41. The van der Waals surface area contributed by atoms with Gasteiger partial charge in [-0.2, -0.15) is 23.1 Å². The zero-order valence-corrected chi connectivity index (χ0v) is 27.3. The summed E-state index contributed by atoms with van der Waals surface area (Å²) in [5, 5.41) is 0. The molecular weight excluding hydrogens is 627 g/mol. The van der Waals surface area contributed by atoms with E-state index in [0.29, 0.717) is 51.5 Å². The molecule has 0 aliphatic carbocycles. The van der Waals surface area contributed by atoms with Gasteiger partial charge in [0, 0.05) is 63.9 Å². The molecule has 6 rings (SSSR count). The van der Waals surface area contributed by atoms with Gasteiger partial charge in [0.05, 0.1) is 31.8 Å². The molecule has 0 spiro atoms. The minimum Gasteiger partial charge on any atom is -0.481 e. The van der Waals surface area contributed by atoms with Crippen molar-refractivity contribution in [3.8, 4) is 17.8 Å². The predicted molar refractivity (Wildman–Crippen MR) is 171 cm³/mol. The molecule has 3 fully saturated rings. The van der Waals surface area contributed by atoms with Crippen molar-refractivity contribution in [3.63, 3.8) is 0 Å². The molecule has 3 aliphatic heterocycles. The first kappa shape index (κ1) is 33.9. The van der Waals surface area contributed by atoms with Gasteiger partial charge in [0.15, 0.2) is 6.61 Å². The summed E-state index contributed by atoms with van der Waals surface area (Å²) in [6, 6.07) is 20.5. The Bertz CT molecular complexity index is 1470. The van der Waals surface area contributed by atoms with Crippen LogP contribution in [0.2, 0.25) is 0 Å². The van der Waals surface area contributed by atoms with Crippen LogP contribution in [0.1, 0.15) is 36.0 Å². The lowest BCUT2D eigenvalue weighted by Gasteiger charge is -2.53. The van der Waals surface area contributed by atoms with E-state index in [1.807, 2.05) is 41.3 Å². The number of carbonyl (C=O) groups excluding carboxylic acids is 1. The number of halogens is 3. The molecule has 13 heteroatoms. The van der Waals surface area contributed by atoms with Crippen LogP contribution in [-0.2, 0) is 16.1 Å². The largest absolute Gasteiger partial charge is 0.481 e. The molecule has 1 unspecified atom stereocenters. The maximum atomic E-state index is 13.5. The number of ether oxygens (including phenoxy) is 4. The number of piperazine rings is 2. The second kappa shape index (κ2) is 15.1. The van der Waals surface area contributed by atoms with Crippen LogP contribution >= 0.6 is 0 Å². The van der Waals surface area contributed by atoms with E-state index in [-0.39, 0.29) is 60.7 Å². The van der Waals surface area contributed by atoms with Gasteiger partial charge < -0.3 is 23.8 Å². The highest BCUT2D eigenvalue weighted by Crippen LogP contribution is 2.38. The second-order valence-corrected chi connectivity index (χ2v) is 12.4. The monoisotopic (exact) mass is 669 g/mol. The number of aromatic nitrogens is 2. The summed E-state index contributed by atoms with van der Waals surface area (Å²) in [5.74, 6) is -0.164. The van der Waals surface area contributed by atoms with Gasteiger partial charge in [-0.05, 0) is 24.5 Å². The van der Waals surface area contributed by atoms with E-state index in [1.54, 1.807) is 6.92 Å². The highest BCUT2D eigenvalue weighted by molar-refractivity contribution is 5.79. The fourth-order valence-corrected chi connectivity index (χ4v) is 7.20. The van der Waals surface area contributed by atoms with E-state index >= 15 is 0 Å². The predicted octanol–water partition coefficient (Wildman–Crippen LogP) is 4.39. The molecule has 0 bridgehead atoms. The number of carbonyl (C=O) groups is 1. The normalized spacial score (nSPS) is 22.0. The maximum Gasteiger partial charge on any atom is 0.422 e. The fraction of sp³-hybridized carbons (Fsp3) is 0.514. The van der Waals surface area contributed by atoms with Crippen molar-refractivity contribution < 1.29 is 36.9 Å². The Hall–Kier alpha value is -3.94. The summed E-state index contributed by atoms with van der Waals surface area (Å²) in [6.07, 6.45) is -3.85. The van der Waals surface area contributed by atoms with Gasteiger partial charge in [-0.1, -0.05) is 60.7 Å². The summed E-state index contributed by atoms with van der Waals surface area (Å²) in [4.78, 5) is 28.8. The quantitative estimate of drug-likeness (QED) is 0.295. The van der Waals surface area contributed by atoms with Crippen LogP contribution in [-0.4, -0.2) is 115 Å². The third-order valence-electron chi connectivity index (χ3n) is 9.29. The fourth-order valence-electron chi connectivity index (χ4n) is 7.20. The third-order valence-corrected chi connectivity index (χ3v) is 9.29. The summed E-state index contributed by atoms with van der Waals surface area (Å²) >= 11 is 0. The summed E-state index contributed by atoms with van der Waals surface area (Å²) < 4.78 is 61.8. The van der Waals surface area contributed by atoms with Crippen LogP contribution in [0.4, 0.5) is 13.2 Å². The molecule has 1 aromatic heterocycles. The molecule has 48 heavy (non-hydrogen) atoms. The summed E-state index contributed by atoms with van der Waals surface area (Å²) in [6.45, 7) is 4.65. The Balaban J connectivity index is 1.36. The van der Waals surface area contributed by atoms with Crippen LogP contribution < -0.4 is 14.2 Å². The number of methoxy groups -OCH3 is 1. The highest BCUT2D eigenvalue weighted by atomic mass is 19.4. The number of hydrogen-bond donors (Lipinski definition) is 0. The van der Waals surface area contributed by atoms with Crippen molar-refractivity contribution in [3.05, 3.63) is 77.4 Å². The number of fused-ring (bicyclic) bond motifs is 1. The highest BCUT2D eigenvalue weighted by Gasteiger charge is 2.44. The molecular formula is C35H42F3N5O5. The van der Waals surface area contributed by atoms with Gasteiger partial charge in [0.2, 0.25) is 17.7 Å². The Labute approximate surface area is 278 Å². The molecule has 4 heterocycles. The van der Waals surface area contributed by atoms with Crippen molar-refractivity contribution in [1.29, 1.82) is 0 Å². The topological polar surface area (TPSA) is 89.5 Å². The lowest BCUT2D eigenvalue weighted by Crippen LogP contribution is -2.67. The van der Waals surface area contributed by atoms with Crippen molar-refractivity contribution in [2.75, 3.05) is 66.3 Å². The van der Waals surface area contributed by atoms with Gasteiger partial charge in [-0.25, -0.2) is 0 Å². The smallest absolute Gasteiger partial charge is 0.422 e. The molecule has 10 nitrogen and oxygen atoms in total. The molecule has 3 saturated heterocycles. The van der Waals surface area contributed by atoms with Crippen molar-refractivity contribution in [1.82, 2.24) is 24.7 Å². The molecule has 3 atom stereocenters. The second-order valence-electron chi connectivity index (χ2n) is 12.4. The first-order valence-electron chi connectivity index (χ1n) is 16.5. The van der Waals surface area contributed by atoms with E-state index in [4.69, 9.17) is 18.9 Å². The Morgan fingerprint density at radius 2 is 1.65 bits per heavy atom. The van der Waals surface area contributed by atoms with E-state index < -0.39 is 12.8 Å². The average molecular weight is 670 g/mol. The molecule has 3 aromatic rings. The number of amides is 1. The van der Waals surface area contributed by atoms with Crippen molar-refractivity contribution in [2.45, 2.75) is 44.1 Å². The lowest BCUT2D eigenvalue weighted by molar-refractivity contribution is -0.154. The van der Waals surface area contributed by atoms with Gasteiger partial charge >= 0.3 is 12.2 Å². The first-order valence-corrected chi connectivity index (χ1v) is 16.5. The van der Waals surface area contributed by atoms with Crippen molar-refractivity contribution in [2.24, 2.45) is 5.92 Å². The molecule has 258 valence electrons. The first-order chi connectivity index (χ1) is 23.2. The SMILES string of the molecule is CCOc1nc(OC)c(CN2C[C@@H]3CN(C(=O)C4CCOC4)CCN3[C@H](C(c3ccccc3)c3ccccc3)C2)c(OCC(F)(F)F)n1. The third kappa shape index (κ3) is 7.85. The van der Waals surface area contributed by atoms with E-state index in [2.05, 4.69) is 44.0 Å². The molecule has 3 aliphatic rings.